The minimum atomic E-state index is -3.64. The number of hydrogen-bond donors (Lipinski definition) is 2. The molecule has 10 heteroatoms. The van der Waals surface area contributed by atoms with E-state index in [1.165, 1.54) is 17.4 Å². The summed E-state index contributed by atoms with van der Waals surface area (Å²) in [6, 6.07) is 10.4. The van der Waals surface area contributed by atoms with Crippen LogP contribution in [0.3, 0.4) is 0 Å². The summed E-state index contributed by atoms with van der Waals surface area (Å²) in [5.41, 5.74) is 1.42. The van der Waals surface area contributed by atoms with Crippen molar-refractivity contribution < 1.29 is 17.6 Å². The fourth-order valence-electron chi connectivity index (χ4n) is 2.66. The van der Waals surface area contributed by atoms with Gasteiger partial charge in [0.15, 0.2) is 5.13 Å². The fraction of sp³-hybridized carbons (Fsp3) is 0.158. The van der Waals surface area contributed by atoms with Gasteiger partial charge in [0.25, 0.3) is 5.91 Å². The van der Waals surface area contributed by atoms with Gasteiger partial charge in [-0.05, 0) is 43.2 Å². The first-order valence-electron chi connectivity index (χ1n) is 8.66. The summed E-state index contributed by atoms with van der Waals surface area (Å²) >= 11 is 7.11. The molecule has 0 atom stereocenters. The Hall–Kier alpha value is -2.49. The van der Waals surface area contributed by atoms with Gasteiger partial charge in [0.05, 0.1) is 22.2 Å². The molecule has 1 aliphatic rings. The minimum absolute atomic E-state index is 0.0128. The van der Waals surface area contributed by atoms with Gasteiger partial charge in [-0.3, -0.25) is 14.8 Å². The Kier molecular flexibility index (Phi) is 5.28. The second kappa shape index (κ2) is 7.74. The van der Waals surface area contributed by atoms with Crippen molar-refractivity contribution in [1.82, 2.24) is 4.98 Å². The van der Waals surface area contributed by atoms with Crippen LogP contribution in [-0.2, 0) is 10.0 Å². The zero-order chi connectivity index (χ0) is 20.6. The van der Waals surface area contributed by atoms with E-state index in [1.807, 2.05) is 12.1 Å². The minimum Gasteiger partial charge on any atom is -0.298 e. The SMILES string of the molecule is O=C(Nc1nc(-c2ccc(Cl)cc2)cs1)c1ccc(F)cc1NS(=O)(=O)C1CC1. The highest BCUT2D eigenvalue weighted by Gasteiger charge is 2.36. The number of sulfonamides is 1. The number of carbonyl (C=O) groups excluding carboxylic acids is 1. The van der Waals surface area contributed by atoms with Crippen molar-refractivity contribution in [3.05, 3.63) is 64.2 Å². The predicted molar refractivity (Wildman–Crippen MR) is 112 cm³/mol. The maximum atomic E-state index is 13.7. The quantitative estimate of drug-likeness (QED) is 0.565. The predicted octanol–water partition coefficient (Wildman–Crippen LogP) is 4.76. The molecule has 0 spiro atoms. The number of anilines is 2. The van der Waals surface area contributed by atoms with Crippen LogP contribution in [0.25, 0.3) is 11.3 Å². The van der Waals surface area contributed by atoms with E-state index in [0.717, 1.165) is 17.7 Å². The molecule has 0 aliphatic heterocycles. The van der Waals surface area contributed by atoms with Crippen LogP contribution in [0.15, 0.2) is 47.8 Å². The Morgan fingerprint density at radius 3 is 2.59 bits per heavy atom. The fourth-order valence-corrected chi connectivity index (χ4v) is 4.90. The number of nitrogens with one attached hydrogen (secondary N) is 2. The third kappa shape index (κ3) is 4.58. The molecule has 1 heterocycles. The molecule has 1 amide bonds. The van der Waals surface area contributed by atoms with Gasteiger partial charge in [0.2, 0.25) is 10.0 Å². The van der Waals surface area contributed by atoms with Crippen molar-refractivity contribution in [3.63, 3.8) is 0 Å². The van der Waals surface area contributed by atoms with Crippen molar-refractivity contribution >= 4 is 49.7 Å². The van der Waals surface area contributed by atoms with E-state index >= 15 is 0 Å². The average Bonchev–Trinajstić information content (AvgIpc) is 3.43. The van der Waals surface area contributed by atoms with Gasteiger partial charge < -0.3 is 0 Å². The molecule has 6 nitrogen and oxygen atoms in total. The highest BCUT2D eigenvalue weighted by Crippen LogP contribution is 2.31. The van der Waals surface area contributed by atoms with E-state index < -0.39 is 27.0 Å². The van der Waals surface area contributed by atoms with Crippen LogP contribution >= 0.6 is 22.9 Å². The number of nitrogens with zero attached hydrogens (tertiary/aromatic N) is 1. The number of benzene rings is 2. The summed E-state index contributed by atoms with van der Waals surface area (Å²) in [4.78, 5) is 17.1. The number of thiazole rings is 1. The molecule has 2 aromatic carbocycles. The lowest BCUT2D eigenvalue weighted by Crippen LogP contribution is -2.21. The standard InChI is InChI=1S/C19H15ClFN3O3S2/c20-12-3-1-11(2-4-12)17-10-28-19(22-17)23-18(25)15-8-5-13(21)9-16(15)24-29(26,27)14-6-7-14/h1-5,8-10,14,24H,6-7H2,(H,22,23,25). The molecule has 1 aromatic heterocycles. The molecule has 29 heavy (non-hydrogen) atoms. The summed E-state index contributed by atoms with van der Waals surface area (Å²) in [7, 11) is -3.64. The van der Waals surface area contributed by atoms with Crippen molar-refractivity contribution in [2.24, 2.45) is 0 Å². The smallest absolute Gasteiger partial charge is 0.259 e. The number of halogens is 2. The number of carbonyl (C=O) groups is 1. The highest BCUT2D eigenvalue weighted by molar-refractivity contribution is 7.93. The number of amides is 1. The highest BCUT2D eigenvalue weighted by atomic mass is 35.5. The molecule has 1 saturated carbocycles. The van der Waals surface area contributed by atoms with Gasteiger partial charge in [-0.2, -0.15) is 0 Å². The lowest BCUT2D eigenvalue weighted by molar-refractivity contribution is 0.102. The molecule has 2 N–H and O–H groups in total. The van der Waals surface area contributed by atoms with Crippen molar-refractivity contribution in [3.8, 4) is 11.3 Å². The first-order chi connectivity index (χ1) is 13.8. The second-order valence-corrected chi connectivity index (χ2v) is 9.79. The first-order valence-corrected chi connectivity index (χ1v) is 11.5. The molecular weight excluding hydrogens is 437 g/mol. The Morgan fingerprint density at radius 1 is 1.17 bits per heavy atom. The summed E-state index contributed by atoms with van der Waals surface area (Å²) in [6.07, 6.45) is 1.11. The molecule has 4 rings (SSSR count). The van der Waals surface area contributed by atoms with E-state index in [0.29, 0.717) is 28.7 Å². The van der Waals surface area contributed by atoms with Gasteiger partial charge in [-0.1, -0.05) is 23.7 Å². The molecule has 1 fully saturated rings. The molecule has 0 unspecified atom stereocenters. The largest absolute Gasteiger partial charge is 0.298 e. The normalized spacial score (nSPS) is 13.9. The van der Waals surface area contributed by atoms with Crippen molar-refractivity contribution in [1.29, 1.82) is 0 Å². The maximum absolute atomic E-state index is 13.7. The number of aromatic nitrogens is 1. The summed E-state index contributed by atoms with van der Waals surface area (Å²) < 4.78 is 40.4. The molecule has 0 bridgehead atoms. The van der Waals surface area contributed by atoms with E-state index in [2.05, 4.69) is 15.0 Å². The van der Waals surface area contributed by atoms with Crippen LogP contribution in [0.5, 0.6) is 0 Å². The van der Waals surface area contributed by atoms with Crippen LogP contribution < -0.4 is 10.0 Å². The van der Waals surface area contributed by atoms with Gasteiger partial charge >= 0.3 is 0 Å². The lowest BCUT2D eigenvalue weighted by Gasteiger charge is -2.12. The number of hydrogen-bond acceptors (Lipinski definition) is 5. The van der Waals surface area contributed by atoms with Gasteiger partial charge in [0, 0.05) is 16.0 Å². The molecule has 0 radical (unpaired) electrons. The summed E-state index contributed by atoms with van der Waals surface area (Å²) in [5, 5.41) is 4.86. The zero-order valence-corrected chi connectivity index (χ0v) is 17.2. The van der Waals surface area contributed by atoms with E-state index in [4.69, 9.17) is 11.6 Å². The monoisotopic (exact) mass is 451 g/mol. The second-order valence-electron chi connectivity index (χ2n) is 6.54. The topological polar surface area (TPSA) is 88.2 Å². The van der Waals surface area contributed by atoms with E-state index in [9.17, 15) is 17.6 Å². The van der Waals surface area contributed by atoms with E-state index in [1.54, 1.807) is 17.5 Å². The lowest BCUT2D eigenvalue weighted by atomic mass is 10.1. The molecule has 0 saturated heterocycles. The van der Waals surface area contributed by atoms with Crippen LogP contribution in [-0.4, -0.2) is 24.6 Å². The first kappa shape index (κ1) is 19.8. The maximum Gasteiger partial charge on any atom is 0.259 e. The van der Waals surface area contributed by atoms with Gasteiger partial charge in [-0.15, -0.1) is 11.3 Å². The van der Waals surface area contributed by atoms with Crippen LogP contribution in [0.1, 0.15) is 23.2 Å². The Morgan fingerprint density at radius 2 is 1.90 bits per heavy atom. The van der Waals surface area contributed by atoms with Crippen LogP contribution in [0.4, 0.5) is 15.2 Å². The Bertz CT molecular complexity index is 1180. The third-order valence-corrected chi connectivity index (χ3v) is 7.17. The van der Waals surface area contributed by atoms with E-state index in [-0.39, 0.29) is 11.3 Å². The molecular formula is C19H15ClFN3O3S2. The molecule has 1 aliphatic carbocycles. The summed E-state index contributed by atoms with van der Waals surface area (Å²) in [5.74, 6) is -1.23. The third-order valence-electron chi connectivity index (χ3n) is 4.31. The average molecular weight is 452 g/mol. The molecule has 3 aromatic rings. The molecule has 150 valence electrons. The number of rotatable bonds is 6. The Balaban J connectivity index is 1.55. The van der Waals surface area contributed by atoms with Crippen LogP contribution in [0.2, 0.25) is 5.02 Å². The zero-order valence-electron chi connectivity index (χ0n) is 14.9. The van der Waals surface area contributed by atoms with Gasteiger partial charge in [-0.25, -0.2) is 17.8 Å². The Labute approximate surface area is 175 Å². The summed E-state index contributed by atoms with van der Waals surface area (Å²) in [6.45, 7) is 0. The van der Waals surface area contributed by atoms with Gasteiger partial charge in [0.1, 0.15) is 5.82 Å². The van der Waals surface area contributed by atoms with Crippen molar-refractivity contribution in [2.45, 2.75) is 18.1 Å². The van der Waals surface area contributed by atoms with Crippen molar-refractivity contribution in [2.75, 3.05) is 10.0 Å². The van der Waals surface area contributed by atoms with Crippen LogP contribution in [0, 0.1) is 5.82 Å².